The molecule has 2 unspecified atom stereocenters. The van der Waals surface area contributed by atoms with Gasteiger partial charge in [0.2, 0.25) is 5.91 Å². The minimum Gasteiger partial charge on any atom is -0.378 e. The molecule has 4 heteroatoms. The highest BCUT2D eigenvalue weighted by atomic mass is 16.5. The number of rotatable bonds is 5. The van der Waals surface area contributed by atoms with E-state index in [4.69, 9.17) is 10.5 Å². The van der Waals surface area contributed by atoms with Gasteiger partial charge in [0.25, 0.3) is 0 Å². The fraction of sp³-hybridized carbons (Fsp3) is 0.588. The van der Waals surface area contributed by atoms with Crippen LogP contribution in [0.1, 0.15) is 38.3 Å². The molecule has 1 heterocycles. The maximum atomic E-state index is 12.6. The van der Waals surface area contributed by atoms with Gasteiger partial charge in [0, 0.05) is 25.7 Å². The highest BCUT2D eigenvalue weighted by Gasteiger charge is 2.29. The number of piperidine rings is 1. The van der Waals surface area contributed by atoms with Crippen molar-refractivity contribution >= 4 is 5.91 Å². The number of likely N-dealkylation sites (tertiary alicyclic amines) is 1. The van der Waals surface area contributed by atoms with Crippen molar-refractivity contribution in [2.24, 2.45) is 11.7 Å². The molecular formula is C17H26N2O2. The number of nitrogens with two attached hydrogens (primary N) is 1. The molecule has 21 heavy (non-hydrogen) atoms. The van der Waals surface area contributed by atoms with Gasteiger partial charge in [-0.2, -0.15) is 0 Å². The summed E-state index contributed by atoms with van der Waals surface area (Å²) in [7, 11) is 0. The minimum absolute atomic E-state index is 0.154. The average molecular weight is 290 g/mol. The van der Waals surface area contributed by atoms with Crippen LogP contribution in [-0.4, -0.2) is 36.6 Å². The van der Waals surface area contributed by atoms with Gasteiger partial charge in [-0.15, -0.1) is 0 Å². The number of amides is 1. The molecule has 4 nitrogen and oxygen atoms in total. The average Bonchev–Trinajstić information content (AvgIpc) is 2.54. The molecule has 1 fully saturated rings. The van der Waals surface area contributed by atoms with Crippen LogP contribution < -0.4 is 5.73 Å². The molecular weight excluding hydrogens is 264 g/mol. The zero-order valence-electron chi connectivity index (χ0n) is 13.0. The van der Waals surface area contributed by atoms with Crippen LogP contribution in [0.15, 0.2) is 30.3 Å². The summed E-state index contributed by atoms with van der Waals surface area (Å²) in [6, 6.07) is 9.59. The smallest absolute Gasteiger partial charge is 0.227 e. The van der Waals surface area contributed by atoms with Crippen molar-refractivity contribution in [3.63, 3.8) is 0 Å². The Balaban J connectivity index is 1.91. The molecule has 0 spiro atoms. The van der Waals surface area contributed by atoms with E-state index in [1.54, 1.807) is 0 Å². The van der Waals surface area contributed by atoms with Crippen LogP contribution in [0.5, 0.6) is 0 Å². The monoisotopic (exact) mass is 290 g/mol. The third-order valence-electron chi connectivity index (χ3n) is 4.27. The number of hydrogen-bond acceptors (Lipinski definition) is 3. The van der Waals surface area contributed by atoms with Crippen LogP contribution in [0.2, 0.25) is 0 Å². The van der Waals surface area contributed by atoms with Gasteiger partial charge < -0.3 is 15.4 Å². The number of hydrogen-bond donors (Lipinski definition) is 1. The van der Waals surface area contributed by atoms with Crippen LogP contribution >= 0.6 is 0 Å². The van der Waals surface area contributed by atoms with Crippen molar-refractivity contribution in [3.8, 4) is 0 Å². The molecule has 1 aliphatic rings. The van der Waals surface area contributed by atoms with E-state index in [2.05, 4.69) is 0 Å². The number of nitrogens with zero attached hydrogens (tertiary/aromatic N) is 1. The molecule has 0 radical (unpaired) electrons. The van der Waals surface area contributed by atoms with E-state index in [0.29, 0.717) is 6.10 Å². The molecule has 116 valence electrons. The lowest BCUT2D eigenvalue weighted by atomic mass is 9.93. The van der Waals surface area contributed by atoms with E-state index >= 15 is 0 Å². The first-order valence-corrected chi connectivity index (χ1v) is 7.84. The predicted octanol–water partition coefficient (Wildman–Crippen LogP) is 2.35. The van der Waals surface area contributed by atoms with Crippen molar-refractivity contribution < 1.29 is 9.53 Å². The number of benzene rings is 1. The molecule has 1 saturated heterocycles. The second kappa shape index (κ2) is 7.57. The lowest BCUT2D eigenvalue weighted by Crippen LogP contribution is -2.45. The van der Waals surface area contributed by atoms with Gasteiger partial charge in [-0.05, 0) is 25.3 Å². The largest absolute Gasteiger partial charge is 0.378 e. The van der Waals surface area contributed by atoms with Crippen molar-refractivity contribution in [3.05, 3.63) is 35.9 Å². The van der Waals surface area contributed by atoms with E-state index in [-0.39, 0.29) is 17.9 Å². The molecule has 0 aromatic heterocycles. The summed E-state index contributed by atoms with van der Waals surface area (Å²) < 4.78 is 5.63. The first-order chi connectivity index (χ1) is 10.1. The zero-order chi connectivity index (χ0) is 15.2. The summed E-state index contributed by atoms with van der Waals surface area (Å²) in [5.74, 6) is -0.0441. The summed E-state index contributed by atoms with van der Waals surface area (Å²) in [5, 5.41) is 0. The first-order valence-electron chi connectivity index (χ1n) is 7.84. The third kappa shape index (κ3) is 4.05. The maximum Gasteiger partial charge on any atom is 0.227 e. The standard InChI is InChI=1S/C17H26N2O2/c1-3-21-15-9-11-19(12-10-15)17(20)13(2)16(18)14-7-5-4-6-8-14/h4-8,13,15-16H,3,9-12,18H2,1-2H3. The van der Waals surface area contributed by atoms with Crippen LogP contribution in [0.25, 0.3) is 0 Å². The Morgan fingerprint density at radius 1 is 1.33 bits per heavy atom. The van der Waals surface area contributed by atoms with Gasteiger partial charge in [0.05, 0.1) is 12.0 Å². The Morgan fingerprint density at radius 3 is 2.52 bits per heavy atom. The Morgan fingerprint density at radius 2 is 1.95 bits per heavy atom. The second-order valence-electron chi connectivity index (χ2n) is 5.71. The minimum atomic E-state index is -0.247. The molecule has 1 amide bonds. The molecule has 1 aromatic carbocycles. The van der Waals surface area contributed by atoms with Gasteiger partial charge >= 0.3 is 0 Å². The molecule has 1 aromatic rings. The molecule has 2 atom stereocenters. The Labute approximate surface area is 127 Å². The fourth-order valence-corrected chi connectivity index (χ4v) is 2.88. The van der Waals surface area contributed by atoms with Crippen molar-refractivity contribution in [1.29, 1.82) is 0 Å². The van der Waals surface area contributed by atoms with Crippen LogP contribution in [0.4, 0.5) is 0 Å². The van der Waals surface area contributed by atoms with Gasteiger partial charge in [-0.25, -0.2) is 0 Å². The fourth-order valence-electron chi connectivity index (χ4n) is 2.88. The normalized spacial score (nSPS) is 19.3. The van der Waals surface area contributed by atoms with E-state index in [9.17, 15) is 4.79 Å². The van der Waals surface area contributed by atoms with E-state index in [1.165, 1.54) is 0 Å². The first kappa shape index (κ1) is 16.0. The van der Waals surface area contributed by atoms with Crippen LogP contribution in [-0.2, 0) is 9.53 Å². The number of carbonyl (C=O) groups excluding carboxylic acids is 1. The molecule has 0 aliphatic carbocycles. The van der Waals surface area contributed by atoms with Crippen LogP contribution in [0.3, 0.4) is 0 Å². The lowest BCUT2D eigenvalue weighted by Gasteiger charge is -2.34. The van der Waals surface area contributed by atoms with E-state index in [0.717, 1.165) is 38.1 Å². The number of ether oxygens (including phenoxy) is 1. The topological polar surface area (TPSA) is 55.6 Å². The Hall–Kier alpha value is -1.39. The van der Waals surface area contributed by atoms with Gasteiger partial charge in [0.15, 0.2) is 0 Å². The maximum absolute atomic E-state index is 12.6. The molecule has 2 rings (SSSR count). The van der Waals surface area contributed by atoms with Gasteiger partial charge in [0.1, 0.15) is 0 Å². The SMILES string of the molecule is CCOC1CCN(C(=O)C(C)C(N)c2ccccc2)CC1. The summed E-state index contributed by atoms with van der Waals surface area (Å²) >= 11 is 0. The number of carbonyl (C=O) groups is 1. The summed E-state index contributed by atoms with van der Waals surface area (Å²) in [4.78, 5) is 14.5. The third-order valence-corrected chi connectivity index (χ3v) is 4.27. The Kier molecular flexibility index (Phi) is 5.76. The van der Waals surface area contributed by atoms with Gasteiger partial charge in [-0.3, -0.25) is 4.79 Å². The van der Waals surface area contributed by atoms with Gasteiger partial charge in [-0.1, -0.05) is 37.3 Å². The second-order valence-corrected chi connectivity index (χ2v) is 5.71. The molecule has 2 N–H and O–H groups in total. The van der Waals surface area contributed by atoms with Crippen LogP contribution in [0, 0.1) is 5.92 Å². The summed E-state index contributed by atoms with van der Waals surface area (Å²) in [6.45, 7) is 6.23. The molecule has 1 aliphatic heterocycles. The predicted molar refractivity (Wildman–Crippen MR) is 83.8 cm³/mol. The summed E-state index contributed by atoms with van der Waals surface area (Å²) in [5.41, 5.74) is 7.27. The molecule has 0 saturated carbocycles. The lowest BCUT2D eigenvalue weighted by molar-refractivity contribution is -0.138. The zero-order valence-corrected chi connectivity index (χ0v) is 13.0. The van der Waals surface area contributed by atoms with Crippen molar-refractivity contribution in [1.82, 2.24) is 4.90 Å². The Bertz CT molecular complexity index is 441. The van der Waals surface area contributed by atoms with E-state index in [1.807, 2.05) is 49.1 Å². The van der Waals surface area contributed by atoms with E-state index < -0.39 is 0 Å². The quantitative estimate of drug-likeness (QED) is 0.905. The molecule has 0 bridgehead atoms. The highest BCUT2D eigenvalue weighted by molar-refractivity contribution is 5.79. The summed E-state index contributed by atoms with van der Waals surface area (Å²) in [6.07, 6.45) is 2.15. The van der Waals surface area contributed by atoms with Crippen molar-refractivity contribution in [2.75, 3.05) is 19.7 Å². The van der Waals surface area contributed by atoms with Crippen molar-refractivity contribution in [2.45, 2.75) is 38.8 Å². The highest BCUT2D eigenvalue weighted by Crippen LogP contribution is 2.23.